The normalized spacial score (nSPS) is 12.5. The highest BCUT2D eigenvalue weighted by atomic mass is 15.1. The maximum Gasteiger partial charge on any atom is 0.0963 e. The second-order valence-corrected chi connectivity index (χ2v) is 5.20. The number of rotatable bonds is 6. The molecule has 0 aromatic carbocycles. The molecule has 0 saturated carbocycles. The molecule has 3 N–H and O–H groups in total. The van der Waals surface area contributed by atoms with Gasteiger partial charge in [0.1, 0.15) is 0 Å². The van der Waals surface area contributed by atoms with Crippen LogP contribution in [0.5, 0.6) is 0 Å². The van der Waals surface area contributed by atoms with Gasteiger partial charge in [-0.15, -0.1) is 0 Å². The molecule has 84 valence electrons. The van der Waals surface area contributed by atoms with Crippen molar-refractivity contribution in [2.75, 3.05) is 20.1 Å². The largest absolute Gasteiger partial charge is 0.387 e. The summed E-state index contributed by atoms with van der Waals surface area (Å²) in [5, 5.41) is 7.44. The van der Waals surface area contributed by atoms with Crippen molar-refractivity contribution in [3.8, 4) is 0 Å². The molecule has 3 nitrogen and oxygen atoms in total. The van der Waals surface area contributed by atoms with E-state index in [1.165, 1.54) is 0 Å². The van der Waals surface area contributed by atoms with Crippen molar-refractivity contribution in [3.63, 3.8) is 0 Å². The molecule has 0 unspecified atom stereocenters. The van der Waals surface area contributed by atoms with Gasteiger partial charge in [-0.05, 0) is 25.9 Å². The van der Waals surface area contributed by atoms with Gasteiger partial charge in [-0.2, -0.15) is 0 Å². The molecule has 14 heavy (non-hydrogen) atoms. The van der Waals surface area contributed by atoms with E-state index in [2.05, 4.69) is 25.8 Å². The molecule has 0 rings (SSSR count). The Morgan fingerprint density at radius 1 is 1.43 bits per heavy atom. The summed E-state index contributed by atoms with van der Waals surface area (Å²) in [6.45, 7) is 10.6. The number of nitrogens with two attached hydrogens (primary N) is 1. The van der Waals surface area contributed by atoms with Crippen LogP contribution in [-0.2, 0) is 0 Å². The van der Waals surface area contributed by atoms with Crippen LogP contribution >= 0.6 is 0 Å². The molecule has 0 heterocycles. The summed E-state index contributed by atoms with van der Waals surface area (Å²) in [7, 11) is 2.12. The molecule has 0 spiro atoms. The lowest BCUT2D eigenvalue weighted by atomic mass is 9.88. The van der Waals surface area contributed by atoms with Crippen LogP contribution < -0.4 is 5.73 Å². The Morgan fingerprint density at radius 2 is 1.93 bits per heavy atom. The van der Waals surface area contributed by atoms with E-state index in [0.29, 0.717) is 5.92 Å². The highest BCUT2D eigenvalue weighted by Gasteiger charge is 2.21. The fraction of sp³-hybridized carbons (Fsp3) is 0.909. The van der Waals surface area contributed by atoms with Crippen molar-refractivity contribution in [1.82, 2.24) is 4.90 Å². The number of nitrogens with zero attached hydrogens (tertiary/aromatic N) is 1. The lowest BCUT2D eigenvalue weighted by Crippen LogP contribution is -2.35. The lowest BCUT2D eigenvalue weighted by molar-refractivity contribution is 0.264. The van der Waals surface area contributed by atoms with E-state index in [9.17, 15) is 0 Å². The number of hydrogen-bond donors (Lipinski definition) is 2. The van der Waals surface area contributed by atoms with Crippen LogP contribution in [0.3, 0.4) is 0 Å². The monoisotopic (exact) mass is 199 g/mol. The van der Waals surface area contributed by atoms with Gasteiger partial charge in [-0.1, -0.05) is 27.7 Å². The van der Waals surface area contributed by atoms with E-state index in [-0.39, 0.29) is 11.3 Å². The third-order valence-corrected chi connectivity index (χ3v) is 2.52. The summed E-state index contributed by atoms with van der Waals surface area (Å²) in [6, 6.07) is 0. The second kappa shape index (κ2) is 5.35. The molecule has 3 heteroatoms. The van der Waals surface area contributed by atoms with Crippen LogP contribution in [0.15, 0.2) is 0 Å². The summed E-state index contributed by atoms with van der Waals surface area (Å²) in [5.74, 6) is 0.982. The van der Waals surface area contributed by atoms with Gasteiger partial charge in [0.2, 0.25) is 0 Å². The highest BCUT2D eigenvalue weighted by molar-refractivity contribution is 5.82. The Bertz CT molecular complexity index is 185. The smallest absolute Gasteiger partial charge is 0.0963 e. The summed E-state index contributed by atoms with van der Waals surface area (Å²) < 4.78 is 0. The Balaban J connectivity index is 3.87. The maximum absolute atomic E-state index is 7.44. The minimum atomic E-state index is -0.161. The van der Waals surface area contributed by atoms with Crippen LogP contribution in [-0.4, -0.2) is 30.9 Å². The lowest BCUT2D eigenvalue weighted by Gasteiger charge is -2.27. The van der Waals surface area contributed by atoms with Crippen molar-refractivity contribution < 1.29 is 0 Å². The first-order valence-corrected chi connectivity index (χ1v) is 5.28. The van der Waals surface area contributed by atoms with E-state index in [4.69, 9.17) is 11.1 Å². The molecule has 0 fully saturated rings. The molecular formula is C11H25N3. The second-order valence-electron chi connectivity index (χ2n) is 5.20. The summed E-state index contributed by atoms with van der Waals surface area (Å²) in [4.78, 5) is 2.30. The zero-order valence-corrected chi connectivity index (χ0v) is 10.2. The number of nitrogens with one attached hydrogen (secondary N) is 1. The zero-order chi connectivity index (χ0) is 11.4. The van der Waals surface area contributed by atoms with Crippen molar-refractivity contribution in [1.29, 1.82) is 5.41 Å². The topological polar surface area (TPSA) is 53.1 Å². The van der Waals surface area contributed by atoms with Crippen LogP contribution in [0.1, 0.15) is 34.1 Å². The maximum atomic E-state index is 7.44. The molecule has 0 bridgehead atoms. The number of hydrogen-bond acceptors (Lipinski definition) is 2. The molecule has 0 atom stereocenters. The third-order valence-electron chi connectivity index (χ3n) is 2.52. The predicted octanol–water partition coefficient (Wildman–Crippen LogP) is 1.93. The van der Waals surface area contributed by atoms with E-state index >= 15 is 0 Å². The van der Waals surface area contributed by atoms with Gasteiger partial charge in [-0.25, -0.2) is 0 Å². The Morgan fingerprint density at radius 3 is 2.29 bits per heavy atom. The quantitative estimate of drug-likeness (QED) is 0.507. The van der Waals surface area contributed by atoms with Gasteiger partial charge in [0.05, 0.1) is 5.84 Å². The zero-order valence-electron chi connectivity index (χ0n) is 10.2. The SMILES string of the molecule is CC(C)CN(C)CCC(C)(C)C(=N)N. The predicted molar refractivity (Wildman–Crippen MR) is 62.6 cm³/mol. The Hall–Kier alpha value is -0.570. The molecular weight excluding hydrogens is 174 g/mol. The van der Waals surface area contributed by atoms with Crippen molar-refractivity contribution in [3.05, 3.63) is 0 Å². The van der Waals surface area contributed by atoms with E-state index in [1.54, 1.807) is 0 Å². The van der Waals surface area contributed by atoms with Gasteiger partial charge in [0, 0.05) is 12.0 Å². The minimum Gasteiger partial charge on any atom is -0.387 e. The molecule has 0 radical (unpaired) electrons. The van der Waals surface area contributed by atoms with E-state index < -0.39 is 0 Å². The van der Waals surface area contributed by atoms with E-state index in [1.807, 2.05) is 13.8 Å². The first-order chi connectivity index (χ1) is 6.25. The van der Waals surface area contributed by atoms with Crippen LogP contribution in [0.2, 0.25) is 0 Å². The van der Waals surface area contributed by atoms with Gasteiger partial charge < -0.3 is 10.6 Å². The summed E-state index contributed by atoms with van der Waals surface area (Å²) in [6.07, 6.45) is 0.950. The van der Waals surface area contributed by atoms with Crippen molar-refractivity contribution in [2.24, 2.45) is 17.1 Å². The molecule has 0 aliphatic carbocycles. The van der Waals surface area contributed by atoms with Gasteiger partial charge in [0.15, 0.2) is 0 Å². The molecule has 0 amide bonds. The van der Waals surface area contributed by atoms with Crippen molar-refractivity contribution in [2.45, 2.75) is 34.1 Å². The fourth-order valence-corrected chi connectivity index (χ4v) is 1.32. The van der Waals surface area contributed by atoms with Crippen molar-refractivity contribution >= 4 is 5.84 Å². The molecule has 0 aliphatic rings. The highest BCUT2D eigenvalue weighted by Crippen LogP contribution is 2.19. The van der Waals surface area contributed by atoms with Gasteiger partial charge in [0.25, 0.3) is 0 Å². The molecule has 0 aromatic rings. The van der Waals surface area contributed by atoms with E-state index in [0.717, 1.165) is 19.5 Å². The Kier molecular flexibility index (Phi) is 5.13. The first kappa shape index (κ1) is 13.4. The minimum absolute atomic E-state index is 0.161. The fourth-order valence-electron chi connectivity index (χ4n) is 1.32. The van der Waals surface area contributed by atoms with Gasteiger partial charge in [-0.3, -0.25) is 5.41 Å². The Labute approximate surface area is 88.2 Å². The van der Waals surface area contributed by atoms with Crippen LogP contribution in [0.4, 0.5) is 0 Å². The standard InChI is InChI=1S/C11H25N3/c1-9(2)8-14(5)7-6-11(3,4)10(12)13/h9H,6-8H2,1-5H3,(H3,12,13). The molecule has 0 saturated heterocycles. The first-order valence-electron chi connectivity index (χ1n) is 5.28. The molecule has 0 aromatic heterocycles. The van der Waals surface area contributed by atoms with Crippen LogP contribution in [0.25, 0.3) is 0 Å². The third kappa shape index (κ3) is 5.22. The summed E-state index contributed by atoms with van der Waals surface area (Å²) >= 11 is 0. The van der Waals surface area contributed by atoms with Crippen LogP contribution in [0, 0.1) is 16.7 Å². The van der Waals surface area contributed by atoms with Gasteiger partial charge >= 0.3 is 0 Å². The average Bonchev–Trinajstić information content (AvgIpc) is 1.99. The number of amidine groups is 1. The molecule has 0 aliphatic heterocycles. The summed E-state index contributed by atoms with van der Waals surface area (Å²) in [5.41, 5.74) is 5.36. The average molecular weight is 199 g/mol.